The Morgan fingerprint density at radius 2 is 2.29 bits per heavy atom. The highest BCUT2D eigenvalue weighted by atomic mass is 79.9. The second kappa shape index (κ2) is 5.50. The van der Waals surface area contributed by atoms with Crippen LogP contribution in [0.1, 0.15) is 38.4 Å². The minimum atomic E-state index is -0.542. The van der Waals surface area contributed by atoms with Crippen molar-refractivity contribution in [3.8, 4) is 11.5 Å². The molecule has 0 saturated heterocycles. The molecule has 1 saturated carbocycles. The van der Waals surface area contributed by atoms with Gasteiger partial charge in [0.1, 0.15) is 5.82 Å². The normalized spacial score (nSPS) is 26.0. The first kappa shape index (κ1) is 14.7. The van der Waals surface area contributed by atoms with Crippen LogP contribution in [0.5, 0.6) is 0 Å². The molecule has 1 aliphatic rings. The molecule has 2 unspecified atom stereocenters. The highest BCUT2D eigenvalue weighted by Gasteiger charge is 2.37. The number of nitrogens with zero attached hydrogens (tertiary/aromatic N) is 2. The summed E-state index contributed by atoms with van der Waals surface area (Å²) < 4.78 is 19.2. The molecule has 1 aromatic heterocycles. The molecule has 0 radical (unpaired) electrons. The summed E-state index contributed by atoms with van der Waals surface area (Å²) in [5.41, 5.74) is 6.46. The molecule has 1 fully saturated rings. The first-order valence-electron chi connectivity index (χ1n) is 7.07. The van der Waals surface area contributed by atoms with Crippen LogP contribution in [0.25, 0.3) is 11.5 Å². The third-order valence-corrected chi connectivity index (χ3v) is 4.89. The Morgan fingerprint density at radius 1 is 1.48 bits per heavy atom. The van der Waals surface area contributed by atoms with Crippen molar-refractivity contribution in [3.05, 3.63) is 34.3 Å². The summed E-state index contributed by atoms with van der Waals surface area (Å²) in [6, 6.07) is 4.72. The lowest BCUT2D eigenvalue weighted by molar-refractivity contribution is 0.222. The number of aromatic nitrogens is 2. The molecule has 0 bridgehead atoms. The first-order chi connectivity index (χ1) is 9.99. The van der Waals surface area contributed by atoms with Gasteiger partial charge in [-0.1, -0.05) is 31.0 Å². The van der Waals surface area contributed by atoms with E-state index in [1.54, 1.807) is 12.1 Å². The Morgan fingerprint density at radius 3 is 3.05 bits per heavy atom. The molecule has 3 rings (SSSR count). The van der Waals surface area contributed by atoms with Gasteiger partial charge in [-0.2, -0.15) is 4.98 Å². The summed E-state index contributed by atoms with van der Waals surface area (Å²) in [7, 11) is 0. The van der Waals surface area contributed by atoms with Crippen molar-refractivity contribution in [1.82, 2.24) is 10.1 Å². The monoisotopic (exact) mass is 353 g/mol. The van der Waals surface area contributed by atoms with Crippen LogP contribution in [-0.4, -0.2) is 10.1 Å². The molecule has 2 N–H and O–H groups in total. The Labute approximate surface area is 131 Å². The van der Waals surface area contributed by atoms with E-state index in [2.05, 4.69) is 33.0 Å². The van der Waals surface area contributed by atoms with Crippen LogP contribution < -0.4 is 5.73 Å². The minimum Gasteiger partial charge on any atom is -0.334 e. The van der Waals surface area contributed by atoms with E-state index in [9.17, 15) is 4.39 Å². The van der Waals surface area contributed by atoms with Gasteiger partial charge in [-0.25, -0.2) is 4.39 Å². The van der Waals surface area contributed by atoms with Gasteiger partial charge < -0.3 is 10.3 Å². The number of hydrogen-bond acceptors (Lipinski definition) is 4. The summed E-state index contributed by atoms with van der Waals surface area (Å²) in [6.45, 7) is 2.19. The molecular weight excluding hydrogens is 337 g/mol. The average molecular weight is 354 g/mol. The molecule has 4 nitrogen and oxygen atoms in total. The van der Waals surface area contributed by atoms with E-state index in [1.807, 2.05) is 0 Å². The number of nitrogens with two attached hydrogens (primary N) is 1. The van der Waals surface area contributed by atoms with Crippen molar-refractivity contribution in [3.63, 3.8) is 0 Å². The van der Waals surface area contributed by atoms with Gasteiger partial charge in [0.25, 0.3) is 5.89 Å². The lowest BCUT2D eigenvalue weighted by Gasteiger charge is -2.33. The topological polar surface area (TPSA) is 64.9 Å². The summed E-state index contributed by atoms with van der Waals surface area (Å²) >= 11 is 3.21. The maximum atomic E-state index is 13.6. The second-order valence-electron chi connectivity index (χ2n) is 5.88. The van der Waals surface area contributed by atoms with E-state index in [0.717, 1.165) is 19.3 Å². The van der Waals surface area contributed by atoms with Gasteiger partial charge in [-0.05, 0) is 46.8 Å². The van der Waals surface area contributed by atoms with Crippen LogP contribution in [0, 0.1) is 11.7 Å². The average Bonchev–Trinajstić information content (AvgIpc) is 2.92. The zero-order chi connectivity index (χ0) is 15.0. The maximum Gasteiger partial charge on any atom is 0.259 e. The van der Waals surface area contributed by atoms with E-state index < -0.39 is 5.54 Å². The van der Waals surface area contributed by atoms with Crippen LogP contribution >= 0.6 is 15.9 Å². The van der Waals surface area contributed by atoms with Crippen molar-refractivity contribution in [2.45, 2.75) is 38.1 Å². The molecule has 1 aromatic carbocycles. The lowest BCUT2D eigenvalue weighted by atomic mass is 9.76. The summed E-state index contributed by atoms with van der Waals surface area (Å²) in [5.74, 6) is 0.993. The molecule has 2 atom stereocenters. The van der Waals surface area contributed by atoms with Crippen molar-refractivity contribution >= 4 is 15.9 Å². The third-order valence-electron chi connectivity index (χ3n) is 4.09. The van der Waals surface area contributed by atoms with Gasteiger partial charge in [0.05, 0.1) is 15.6 Å². The Bertz CT molecular complexity index is 660. The molecule has 1 aliphatic carbocycles. The molecule has 2 aromatic rings. The molecule has 0 spiro atoms. The fraction of sp³-hybridized carbons (Fsp3) is 0.467. The molecule has 6 heteroatoms. The molecule has 0 amide bonds. The predicted molar refractivity (Wildman–Crippen MR) is 80.9 cm³/mol. The zero-order valence-electron chi connectivity index (χ0n) is 11.8. The SMILES string of the molecule is CC1CCCC(N)(c2noc(-c3cccc(F)c3Br)n2)C1. The second-order valence-corrected chi connectivity index (χ2v) is 6.68. The van der Waals surface area contributed by atoms with Gasteiger partial charge in [-0.3, -0.25) is 0 Å². The first-order valence-corrected chi connectivity index (χ1v) is 7.86. The van der Waals surface area contributed by atoms with E-state index in [1.165, 1.54) is 12.5 Å². The van der Waals surface area contributed by atoms with E-state index in [4.69, 9.17) is 10.3 Å². The number of benzene rings is 1. The predicted octanol–water partition coefficient (Wildman–Crippen LogP) is 4.00. The van der Waals surface area contributed by atoms with Crippen LogP contribution in [0.4, 0.5) is 4.39 Å². The largest absolute Gasteiger partial charge is 0.334 e. The molecule has 1 heterocycles. The molecule has 21 heavy (non-hydrogen) atoms. The van der Waals surface area contributed by atoms with Crippen molar-refractivity contribution < 1.29 is 8.91 Å². The van der Waals surface area contributed by atoms with Gasteiger partial charge in [-0.15, -0.1) is 0 Å². The standard InChI is InChI=1S/C15H17BrFN3O/c1-9-4-3-7-15(18,8-9)14-19-13(21-20-14)10-5-2-6-11(17)12(10)16/h2,5-6,9H,3-4,7-8,18H2,1H3. The molecule has 0 aliphatic heterocycles. The highest BCUT2D eigenvalue weighted by Crippen LogP contribution is 2.37. The number of halogens is 2. The van der Waals surface area contributed by atoms with E-state index in [0.29, 0.717) is 27.7 Å². The minimum absolute atomic E-state index is 0.291. The Balaban J connectivity index is 1.95. The maximum absolute atomic E-state index is 13.6. The molecule has 112 valence electrons. The van der Waals surface area contributed by atoms with Gasteiger partial charge >= 0.3 is 0 Å². The van der Waals surface area contributed by atoms with Crippen molar-refractivity contribution in [1.29, 1.82) is 0 Å². The third kappa shape index (κ3) is 2.74. The van der Waals surface area contributed by atoms with Crippen LogP contribution in [0.2, 0.25) is 0 Å². The fourth-order valence-corrected chi connectivity index (χ4v) is 3.43. The van der Waals surface area contributed by atoms with Crippen LogP contribution in [0.15, 0.2) is 27.2 Å². The Kier molecular flexibility index (Phi) is 3.84. The fourth-order valence-electron chi connectivity index (χ4n) is 3.00. The summed E-state index contributed by atoms with van der Waals surface area (Å²) in [5, 5.41) is 4.04. The van der Waals surface area contributed by atoms with E-state index in [-0.39, 0.29) is 5.82 Å². The zero-order valence-corrected chi connectivity index (χ0v) is 13.4. The summed E-state index contributed by atoms with van der Waals surface area (Å²) in [6.07, 6.45) is 3.93. The summed E-state index contributed by atoms with van der Waals surface area (Å²) in [4.78, 5) is 4.41. The van der Waals surface area contributed by atoms with Gasteiger partial charge in [0.2, 0.25) is 0 Å². The lowest BCUT2D eigenvalue weighted by Crippen LogP contribution is -2.42. The smallest absolute Gasteiger partial charge is 0.259 e. The highest BCUT2D eigenvalue weighted by molar-refractivity contribution is 9.10. The van der Waals surface area contributed by atoms with Gasteiger partial charge in [0.15, 0.2) is 5.82 Å². The van der Waals surface area contributed by atoms with Crippen molar-refractivity contribution in [2.24, 2.45) is 11.7 Å². The van der Waals surface area contributed by atoms with Gasteiger partial charge in [0, 0.05) is 0 Å². The van der Waals surface area contributed by atoms with Crippen LogP contribution in [-0.2, 0) is 5.54 Å². The molecular formula is C15H17BrFN3O. The van der Waals surface area contributed by atoms with Crippen molar-refractivity contribution in [2.75, 3.05) is 0 Å². The quantitative estimate of drug-likeness (QED) is 0.885. The van der Waals surface area contributed by atoms with Crippen LogP contribution in [0.3, 0.4) is 0 Å². The van der Waals surface area contributed by atoms with E-state index >= 15 is 0 Å². The number of hydrogen-bond donors (Lipinski definition) is 1. The number of rotatable bonds is 2. The Hall–Kier alpha value is -1.27.